The van der Waals surface area contributed by atoms with E-state index in [-0.39, 0.29) is 12.5 Å². The van der Waals surface area contributed by atoms with Crippen molar-refractivity contribution in [2.24, 2.45) is 10.7 Å². The molecule has 5 heteroatoms. The third-order valence-corrected chi connectivity index (χ3v) is 3.20. The van der Waals surface area contributed by atoms with Gasteiger partial charge in [0.15, 0.2) is 5.96 Å². The fraction of sp³-hybridized carbons (Fsp3) is 0.235. The van der Waals surface area contributed by atoms with Crippen molar-refractivity contribution in [2.45, 2.75) is 13.0 Å². The van der Waals surface area contributed by atoms with Crippen molar-refractivity contribution in [2.75, 3.05) is 19.0 Å². The minimum atomic E-state index is -0.729. The Morgan fingerprint density at radius 3 is 2.77 bits per heavy atom. The molecule has 0 saturated heterocycles. The minimum absolute atomic E-state index is 0.178. The lowest BCUT2D eigenvalue weighted by molar-refractivity contribution is 0.187. The van der Waals surface area contributed by atoms with Crippen molar-refractivity contribution in [3.8, 4) is 5.75 Å². The van der Waals surface area contributed by atoms with Crippen LogP contribution in [-0.2, 0) is 0 Å². The predicted molar refractivity (Wildman–Crippen MR) is 89.2 cm³/mol. The molecule has 0 aliphatic carbocycles. The van der Waals surface area contributed by atoms with Crippen molar-refractivity contribution in [1.29, 1.82) is 0 Å². The fourth-order valence-electron chi connectivity index (χ4n) is 2.05. The molecule has 0 spiro atoms. The smallest absolute Gasteiger partial charge is 0.193 e. The summed E-state index contributed by atoms with van der Waals surface area (Å²) < 4.78 is 5.14. The lowest BCUT2D eigenvalue weighted by Gasteiger charge is -2.11. The number of nitrogens with two attached hydrogens (primary N) is 1. The van der Waals surface area contributed by atoms with Crippen molar-refractivity contribution in [1.82, 2.24) is 0 Å². The number of nitrogens with zero attached hydrogens (tertiary/aromatic N) is 1. The van der Waals surface area contributed by atoms with Crippen LogP contribution in [0.5, 0.6) is 5.75 Å². The molecule has 0 fully saturated rings. The van der Waals surface area contributed by atoms with E-state index in [2.05, 4.69) is 10.3 Å². The summed E-state index contributed by atoms with van der Waals surface area (Å²) in [6.07, 6.45) is -0.729. The van der Waals surface area contributed by atoms with E-state index >= 15 is 0 Å². The number of hydrogen-bond donors (Lipinski definition) is 3. The monoisotopic (exact) mass is 299 g/mol. The Kier molecular flexibility index (Phi) is 5.38. The van der Waals surface area contributed by atoms with Crippen LogP contribution >= 0.6 is 0 Å². The van der Waals surface area contributed by atoms with E-state index in [4.69, 9.17) is 10.5 Å². The highest BCUT2D eigenvalue weighted by Crippen LogP contribution is 2.19. The Labute approximate surface area is 130 Å². The van der Waals surface area contributed by atoms with Gasteiger partial charge in [0.25, 0.3) is 0 Å². The van der Waals surface area contributed by atoms with Gasteiger partial charge >= 0.3 is 0 Å². The molecule has 0 saturated carbocycles. The molecule has 22 heavy (non-hydrogen) atoms. The van der Waals surface area contributed by atoms with Crippen molar-refractivity contribution < 1.29 is 9.84 Å². The number of rotatable bonds is 5. The van der Waals surface area contributed by atoms with Crippen LogP contribution < -0.4 is 15.8 Å². The highest BCUT2D eigenvalue weighted by atomic mass is 16.5. The number of aliphatic hydroxyl groups excluding tert-OH is 1. The van der Waals surface area contributed by atoms with Gasteiger partial charge in [0.2, 0.25) is 0 Å². The lowest BCUT2D eigenvalue weighted by atomic mass is 10.1. The largest absolute Gasteiger partial charge is 0.497 e. The number of hydrogen-bond acceptors (Lipinski definition) is 3. The van der Waals surface area contributed by atoms with Gasteiger partial charge in [-0.15, -0.1) is 0 Å². The quantitative estimate of drug-likeness (QED) is 0.585. The summed E-state index contributed by atoms with van der Waals surface area (Å²) in [5.74, 6) is 0.971. The number of aliphatic imine (C=N–C) groups is 1. The first-order chi connectivity index (χ1) is 10.6. The van der Waals surface area contributed by atoms with Crippen molar-refractivity contribution in [3.05, 3.63) is 59.7 Å². The zero-order valence-corrected chi connectivity index (χ0v) is 12.8. The summed E-state index contributed by atoms with van der Waals surface area (Å²) in [6, 6.07) is 15.1. The van der Waals surface area contributed by atoms with Crippen LogP contribution in [0.4, 0.5) is 5.69 Å². The number of nitrogens with one attached hydrogen (secondary N) is 1. The van der Waals surface area contributed by atoms with Crippen LogP contribution in [0, 0.1) is 6.92 Å². The zero-order valence-electron chi connectivity index (χ0n) is 12.8. The highest BCUT2D eigenvalue weighted by Gasteiger charge is 2.08. The summed E-state index contributed by atoms with van der Waals surface area (Å²) in [4.78, 5) is 4.17. The molecule has 5 nitrogen and oxygen atoms in total. The Bertz CT molecular complexity index is 656. The van der Waals surface area contributed by atoms with Gasteiger partial charge in [0, 0.05) is 5.69 Å². The number of benzene rings is 2. The van der Waals surface area contributed by atoms with Crippen LogP contribution in [0.1, 0.15) is 17.2 Å². The van der Waals surface area contributed by atoms with Gasteiger partial charge in [-0.2, -0.15) is 0 Å². The average molecular weight is 299 g/mol. The van der Waals surface area contributed by atoms with Gasteiger partial charge in [-0.25, -0.2) is 0 Å². The molecule has 4 N–H and O–H groups in total. The first-order valence-electron chi connectivity index (χ1n) is 7.04. The molecule has 0 bridgehead atoms. The van der Waals surface area contributed by atoms with E-state index in [0.717, 1.165) is 16.8 Å². The molecule has 0 heterocycles. The first kappa shape index (κ1) is 15.9. The Morgan fingerprint density at radius 2 is 2.05 bits per heavy atom. The fourth-order valence-corrected chi connectivity index (χ4v) is 2.05. The molecule has 0 aliphatic heterocycles. The topological polar surface area (TPSA) is 79.9 Å². The molecule has 0 aliphatic rings. The number of guanidine groups is 1. The Balaban J connectivity index is 1.97. The second-order valence-corrected chi connectivity index (χ2v) is 5.01. The maximum absolute atomic E-state index is 10.2. The molecular formula is C17H21N3O2. The number of ether oxygens (including phenoxy) is 1. The summed E-state index contributed by atoms with van der Waals surface area (Å²) in [6.45, 7) is 2.18. The van der Waals surface area contributed by atoms with Gasteiger partial charge in [0.05, 0.1) is 19.8 Å². The van der Waals surface area contributed by atoms with Crippen LogP contribution in [0.2, 0.25) is 0 Å². The van der Waals surface area contributed by atoms with E-state index in [1.807, 2.05) is 49.4 Å². The second-order valence-electron chi connectivity index (χ2n) is 5.01. The second kappa shape index (κ2) is 7.47. The number of aliphatic hydroxyl groups is 1. The molecule has 1 atom stereocenters. The third-order valence-electron chi connectivity index (χ3n) is 3.20. The number of aryl methyl sites for hydroxylation is 1. The van der Waals surface area contributed by atoms with Gasteiger partial charge in [-0.1, -0.05) is 24.3 Å². The summed E-state index contributed by atoms with van der Waals surface area (Å²) >= 11 is 0. The SMILES string of the molecule is COc1cccc(C(O)CN=C(N)Nc2cccc(C)c2)c1. The molecule has 2 aromatic rings. The van der Waals surface area contributed by atoms with E-state index in [9.17, 15) is 5.11 Å². The normalized spacial score (nSPS) is 12.8. The molecule has 116 valence electrons. The molecule has 0 aromatic heterocycles. The average Bonchev–Trinajstić information content (AvgIpc) is 2.52. The number of methoxy groups -OCH3 is 1. The molecule has 2 rings (SSSR count). The third kappa shape index (κ3) is 4.49. The molecule has 1 unspecified atom stereocenters. The van der Waals surface area contributed by atoms with Crippen LogP contribution in [0.3, 0.4) is 0 Å². The predicted octanol–water partition coefficient (Wildman–Crippen LogP) is 2.46. The van der Waals surface area contributed by atoms with Gasteiger partial charge in [0.1, 0.15) is 5.75 Å². The summed E-state index contributed by atoms with van der Waals surface area (Å²) in [5, 5.41) is 13.2. The van der Waals surface area contributed by atoms with Gasteiger partial charge in [-0.3, -0.25) is 4.99 Å². The first-order valence-corrected chi connectivity index (χ1v) is 7.04. The standard InChI is InChI=1S/C17H21N3O2/c1-12-5-3-7-14(9-12)20-17(18)19-11-16(21)13-6-4-8-15(10-13)22-2/h3-10,16,21H,11H2,1-2H3,(H3,18,19,20). The highest BCUT2D eigenvalue weighted by molar-refractivity contribution is 5.92. The van der Waals surface area contributed by atoms with Gasteiger partial charge < -0.3 is 20.9 Å². The van der Waals surface area contributed by atoms with Gasteiger partial charge in [-0.05, 0) is 42.3 Å². The summed E-state index contributed by atoms with van der Waals surface area (Å²) in [7, 11) is 1.59. The van der Waals surface area contributed by atoms with E-state index in [1.165, 1.54) is 0 Å². The van der Waals surface area contributed by atoms with E-state index in [1.54, 1.807) is 13.2 Å². The molecule has 0 amide bonds. The maximum Gasteiger partial charge on any atom is 0.193 e. The summed E-state index contributed by atoms with van der Waals surface area (Å²) in [5.41, 5.74) is 8.59. The van der Waals surface area contributed by atoms with E-state index < -0.39 is 6.10 Å². The maximum atomic E-state index is 10.2. The van der Waals surface area contributed by atoms with Crippen LogP contribution in [0.15, 0.2) is 53.5 Å². The Morgan fingerprint density at radius 1 is 1.27 bits per heavy atom. The lowest BCUT2D eigenvalue weighted by Crippen LogP contribution is -2.23. The molecular weight excluding hydrogens is 278 g/mol. The Hall–Kier alpha value is -2.53. The van der Waals surface area contributed by atoms with Crippen molar-refractivity contribution >= 4 is 11.6 Å². The van der Waals surface area contributed by atoms with E-state index in [0.29, 0.717) is 5.75 Å². The van der Waals surface area contributed by atoms with Crippen LogP contribution in [-0.4, -0.2) is 24.7 Å². The zero-order chi connectivity index (χ0) is 15.9. The van der Waals surface area contributed by atoms with Crippen molar-refractivity contribution in [3.63, 3.8) is 0 Å². The molecule has 2 aromatic carbocycles. The molecule has 0 radical (unpaired) electrons. The minimum Gasteiger partial charge on any atom is -0.497 e. The van der Waals surface area contributed by atoms with Crippen LogP contribution in [0.25, 0.3) is 0 Å². The number of anilines is 1.